The van der Waals surface area contributed by atoms with Crippen molar-refractivity contribution in [1.82, 2.24) is 10.6 Å². The Kier molecular flexibility index (Phi) is 6.97. The molecular formula is C18H26N2O5. The van der Waals surface area contributed by atoms with Crippen LogP contribution < -0.4 is 20.1 Å². The first-order chi connectivity index (χ1) is 11.5. The quantitative estimate of drug-likeness (QED) is 0.730. The highest BCUT2D eigenvalue weighted by molar-refractivity contribution is 5.94. The van der Waals surface area contributed by atoms with Crippen molar-refractivity contribution >= 4 is 17.6 Å². The van der Waals surface area contributed by atoms with Crippen molar-refractivity contribution in [3.8, 4) is 11.5 Å². The fourth-order valence-electron chi connectivity index (χ4n) is 1.98. The fourth-order valence-corrected chi connectivity index (χ4v) is 1.98. The summed E-state index contributed by atoms with van der Waals surface area (Å²) in [5.74, 6) is -0.103. The molecule has 0 fully saturated rings. The van der Waals surface area contributed by atoms with Crippen LogP contribution in [-0.2, 0) is 9.59 Å². The van der Waals surface area contributed by atoms with Gasteiger partial charge >= 0.3 is 0 Å². The molecule has 25 heavy (non-hydrogen) atoms. The third-order valence-corrected chi connectivity index (χ3v) is 3.20. The number of hydrogen-bond donors (Lipinski definition) is 2. The number of ketones is 1. The normalized spacial score (nSPS) is 12.1. The third kappa shape index (κ3) is 6.82. The first-order valence-electron chi connectivity index (χ1n) is 7.96. The summed E-state index contributed by atoms with van der Waals surface area (Å²) < 4.78 is 10.6. The van der Waals surface area contributed by atoms with Crippen LogP contribution in [0.4, 0.5) is 0 Å². The monoisotopic (exact) mass is 350 g/mol. The standard InChI is InChI=1S/C18H26N2O5/c1-11(17(23)20-18(3,4)5)19-16(22)10-25-14-8-7-13(12(2)21)9-15(14)24-6/h7-9,11H,10H2,1-6H3,(H,19,22)(H,20,23). The van der Waals surface area contributed by atoms with Crippen molar-refractivity contribution in [2.24, 2.45) is 0 Å². The van der Waals surface area contributed by atoms with Crippen LogP contribution in [0.15, 0.2) is 18.2 Å². The Morgan fingerprint density at radius 3 is 2.32 bits per heavy atom. The Bertz CT molecular complexity index is 649. The lowest BCUT2D eigenvalue weighted by Crippen LogP contribution is -2.51. The molecule has 0 spiro atoms. The first-order valence-corrected chi connectivity index (χ1v) is 7.96. The Balaban J connectivity index is 2.62. The van der Waals surface area contributed by atoms with Crippen molar-refractivity contribution in [3.63, 3.8) is 0 Å². The van der Waals surface area contributed by atoms with Gasteiger partial charge in [-0.1, -0.05) is 0 Å². The highest BCUT2D eigenvalue weighted by Crippen LogP contribution is 2.28. The number of ether oxygens (including phenoxy) is 2. The Morgan fingerprint density at radius 2 is 1.80 bits per heavy atom. The molecule has 2 N–H and O–H groups in total. The summed E-state index contributed by atoms with van der Waals surface area (Å²) >= 11 is 0. The second-order valence-corrected chi connectivity index (χ2v) is 6.74. The molecule has 7 nitrogen and oxygen atoms in total. The van der Waals surface area contributed by atoms with Crippen molar-refractivity contribution in [3.05, 3.63) is 23.8 Å². The maximum absolute atomic E-state index is 12.0. The van der Waals surface area contributed by atoms with E-state index in [1.807, 2.05) is 20.8 Å². The summed E-state index contributed by atoms with van der Waals surface area (Å²) in [7, 11) is 1.45. The molecule has 138 valence electrons. The van der Waals surface area contributed by atoms with Gasteiger partial charge in [0.2, 0.25) is 5.91 Å². The first kappa shape index (κ1) is 20.5. The SMILES string of the molecule is COc1cc(C(C)=O)ccc1OCC(=O)NC(C)C(=O)NC(C)(C)C. The van der Waals surface area contributed by atoms with Crippen LogP contribution in [-0.4, -0.2) is 42.9 Å². The third-order valence-electron chi connectivity index (χ3n) is 3.20. The molecule has 0 bridgehead atoms. The van der Waals surface area contributed by atoms with Crippen LogP contribution in [0, 0.1) is 0 Å². The second kappa shape index (κ2) is 8.50. The zero-order chi connectivity index (χ0) is 19.2. The van der Waals surface area contributed by atoms with Gasteiger partial charge < -0.3 is 20.1 Å². The number of rotatable bonds is 7. The minimum atomic E-state index is -0.683. The maximum atomic E-state index is 12.0. The zero-order valence-corrected chi connectivity index (χ0v) is 15.6. The van der Waals surface area contributed by atoms with Gasteiger partial charge in [-0.15, -0.1) is 0 Å². The Morgan fingerprint density at radius 1 is 1.16 bits per heavy atom. The largest absolute Gasteiger partial charge is 0.493 e. The van der Waals surface area contributed by atoms with Gasteiger partial charge in [-0.05, 0) is 52.8 Å². The van der Waals surface area contributed by atoms with Crippen LogP contribution >= 0.6 is 0 Å². The number of hydrogen-bond acceptors (Lipinski definition) is 5. The number of carbonyl (C=O) groups excluding carboxylic acids is 3. The fraction of sp³-hybridized carbons (Fsp3) is 0.500. The molecule has 1 aromatic carbocycles. The lowest BCUT2D eigenvalue weighted by molar-refractivity contribution is -0.130. The van der Waals surface area contributed by atoms with Crippen molar-refractivity contribution in [2.45, 2.75) is 46.2 Å². The lowest BCUT2D eigenvalue weighted by atomic mass is 10.1. The second-order valence-electron chi connectivity index (χ2n) is 6.74. The van der Waals surface area contributed by atoms with Gasteiger partial charge in [-0.25, -0.2) is 0 Å². The molecule has 0 saturated heterocycles. The van der Waals surface area contributed by atoms with E-state index in [0.29, 0.717) is 17.1 Å². The number of carbonyl (C=O) groups is 3. The number of amides is 2. The van der Waals surface area contributed by atoms with E-state index in [4.69, 9.17) is 9.47 Å². The van der Waals surface area contributed by atoms with E-state index in [0.717, 1.165) is 0 Å². The Labute approximate surface area is 148 Å². The number of Topliss-reactive ketones (excluding diaryl/α,β-unsaturated/α-hetero) is 1. The van der Waals surface area contributed by atoms with Gasteiger partial charge in [-0.2, -0.15) is 0 Å². The van der Waals surface area contributed by atoms with E-state index >= 15 is 0 Å². The topological polar surface area (TPSA) is 93.7 Å². The van der Waals surface area contributed by atoms with Crippen LogP contribution in [0.1, 0.15) is 45.0 Å². The Hall–Kier alpha value is -2.57. The summed E-state index contributed by atoms with van der Waals surface area (Å²) in [6, 6.07) is 4.03. The van der Waals surface area contributed by atoms with Gasteiger partial charge in [-0.3, -0.25) is 14.4 Å². The van der Waals surface area contributed by atoms with Gasteiger partial charge in [0, 0.05) is 11.1 Å². The summed E-state index contributed by atoms with van der Waals surface area (Å²) in [6.07, 6.45) is 0. The molecule has 0 aliphatic heterocycles. The van der Waals surface area contributed by atoms with Gasteiger partial charge in [0.05, 0.1) is 7.11 Å². The van der Waals surface area contributed by atoms with Gasteiger partial charge in [0.1, 0.15) is 6.04 Å². The van der Waals surface area contributed by atoms with E-state index in [2.05, 4.69) is 10.6 Å². The van der Waals surface area contributed by atoms with Crippen LogP contribution in [0.2, 0.25) is 0 Å². The van der Waals surface area contributed by atoms with E-state index in [9.17, 15) is 14.4 Å². The summed E-state index contributed by atoms with van der Waals surface area (Å²) in [6.45, 7) is 8.36. The summed E-state index contributed by atoms with van der Waals surface area (Å²) in [5.41, 5.74) is 0.111. The van der Waals surface area contributed by atoms with Crippen LogP contribution in [0.25, 0.3) is 0 Å². The highest BCUT2D eigenvalue weighted by Gasteiger charge is 2.21. The minimum absolute atomic E-state index is 0.0960. The average Bonchev–Trinajstić information content (AvgIpc) is 2.50. The molecule has 0 aliphatic carbocycles. The van der Waals surface area contributed by atoms with E-state index < -0.39 is 11.9 Å². The minimum Gasteiger partial charge on any atom is -0.493 e. The van der Waals surface area contributed by atoms with Crippen molar-refractivity contribution in [1.29, 1.82) is 0 Å². The highest BCUT2D eigenvalue weighted by atomic mass is 16.5. The summed E-state index contributed by atoms with van der Waals surface area (Å²) in [4.78, 5) is 35.3. The number of methoxy groups -OCH3 is 1. The molecule has 1 aromatic rings. The maximum Gasteiger partial charge on any atom is 0.258 e. The lowest BCUT2D eigenvalue weighted by Gasteiger charge is -2.23. The van der Waals surface area contributed by atoms with E-state index in [-0.39, 0.29) is 23.8 Å². The molecule has 1 atom stereocenters. The number of nitrogens with one attached hydrogen (secondary N) is 2. The van der Waals surface area contributed by atoms with Crippen molar-refractivity contribution < 1.29 is 23.9 Å². The molecule has 1 rings (SSSR count). The van der Waals surface area contributed by atoms with Crippen molar-refractivity contribution in [2.75, 3.05) is 13.7 Å². The molecule has 7 heteroatoms. The van der Waals surface area contributed by atoms with Gasteiger partial charge in [0.15, 0.2) is 23.9 Å². The van der Waals surface area contributed by atoms with Crippen LogP contribution in [0.3, 0.4) is 0 Å². The molecule has 0 radical (unpaired) electrons. The van der Waals surface area contributed by atoms with E-state index in [1.54, 1.807) is 25.1 Å². The molecule has 0 aromatic heterocycles. The molecule has 1 unspecified atom stereocenters. The average molecular weight is 350 g/mol. The zero-order valence-electron chi connectivity index (χ0n) is 15.6. The summed E-state index contributed by atoms with van der Waals surface area (Å²) in [5, 5.41) is 5.36. The van der Waals surface area contributed by atoms with Gasteiger partial charge in [0.25, 0.3) is 5.91 Å². The predicted octanol–water partition coefficient (Wildman–Crippen LogP) is 1.70. The smallest absolute Gasteiger partial charge is 0.258 e. The van der Waals surface area contributed by atoms with Crippen LogP contribution in [0.5, 0.6) is 11.5 Å². The predicted molar refractivity (Wildman–Crippen MR) is 94.0 cm³/mol. The molecular weight excluding hydrogens is 324 g/mol. The molecule has 0 heterocycles. The van der Waals surface area contributed by atoms with E-state index in [1.165, 1.54) is 14.0 Å². The molecule has 0 saturated carbocycles. The molecule has 0 aliphatic rings. The molecule has 2 amide bonds. The number of benzene rings is 1.